The van der Waals surface area contributed by atoms with Gasteiger partial charge in [-0.2, -0.15) is 0 Å². The number of furan rings is 1. The van der Waals surface area contributed by atoms with E-state index >= 15 is 0 Å². The fourth-order valence-electron chi connectivity index (χ4n) is 4.60. The van der Waals surface area contributed by atoms with Crippen LogP contribution in [0.4, 0.5) is 11.5 Å². The van der Waals surface area contributed by atoms with Crippen molar-refractivity contribution in [2.24, 2.45) is 11.8 Å². The zero-order valence-electron chi connectivity index (χ0n) is 19.6. The summed E-state index contributed by atoms with van der Waals surface area (Å²) in [5, 5.41) is 6.67. The van der Waals surface area contributed by atoms with E-state index in [1.54, 1.807) is 18.4 Å². The molecular formula is C26H32N4O3. The molecule has 0 spiro atoms. The number of nitrogens with one attached hydrogen (secondary N) is 2. The summed E-state index contributed by atoms with van der Waals surface area (Å²) < 4.78 is 5.18. The van der Waals surface area contributed by atoms with E-state index in [1.807, 2.05) is 18.2 Å². The number of pyridine rings is 1. The molecule has 3 aromatic rings. The normalized spacial score (nSPS) is 18.3. The van der Waals surface area contributed by atoms with Gasteiger partial charge in [0.25, 0.3) is 0 Å². The standard InChI is InChI=1S/C26H32N4O3/c1-17-11-18(2)16-30(15-17)24-12-19(3)22-13-20(6-7-23(22)29-24)28-26(32)9-8-25(31)27-14-21-5-4-10-33-21/h4-7,10,12-13,17-18H,8-9,11,14-16H2,1-3H3,(H,27,31)(H,28,32)/t17-,18+. The van der Waals surface area contributed by atoms with Gasteiger partial charge in [0, 0.05) is 37.0 Å². The lowest BCUT2D eigenvalue weighted by Crippen LogP contribution is -2.39. The number of hydrogen-bond acceptors (Lipinski definition) is 5. The molecule has 174 valence electrons. The van der Waals surface area contributed by atoms with Crippen molar-refractivity contribution < 1.29 is 14.0 Å². The number of anilines is 2. The molecule has 0 saturated carbocycles. The Kier molecular flexibility index (Phi) is 6.96. The van der Waals surface area contributed by atoms with Gasteiger partial charge in [0.05, 0.1) is 18.3 Å². The number of piperidine rings is 1. The Morgan fingerprint density at radius 3 is 2.58 bits per heavy atom. The van der Waals surface area contributed by atoms with Gasteiger partial charge in [-0.25, -0.2) is 4.98 Å². The maximum Gasteiger partial charge on any atom is 0.224 e. The summed E-state index contributed by atoms with van der Waals surface area (Å²) in [5.74, 6) is 2.65. The molecule has 1 aromatic carbocycles. The predicted octanol–water partition coefficient (Wildman–Crippen LogP) is 4.65. The zero-order valence-corrected chi connectivity index (χ0v) is 19.6. The largest absolute Gasteiger partial charge is 0.467 e. The van der Waals surface area contributed by atoms with Crippen molar-refractivity contribution in [1.82, 2.24) is 10.3 Å². The van der Waals surface area contributed by atoms with Gasteiger partial charge in [-0.1, -0.05) is 13.8 Å². The summed E-state index contributed by atoms with van der Waals surface area (Å²) in [5.41, 5.74) is 2.77. The quantitative estimate of drug-likeness (QED) is 0.549. The Hall–Kier alpha value is -3.35. The average molecular weight is 449 g/mol. The average Bonchev–Trinajstić information content (AvgIpc) is 3.29. The third-order valence-electron chi connectivity index (χ3n) is 6.10. The van der Waals surface area contributed by atoms with Crippen LogP contribution in [0.25, 0.3) is 10.9 Å². The Balaban J connectivity index is 1.36. The summed E-state index contributed by atoms with van der Waals surface area (Å²) in [4.78, 5) is 31.6. The fourth-order valence-corrected chi connectivity index (χ4v) is 4.60. The molecule has 33 heavy (non-hydrogen) atoms. The molecule has 7 heteroatoms. The minimum atomic E-state index is -0.193. The Labute approximate surface area is 194 Å². The van der Waals surface area contributed by atoms with Crippen LogP contribution < -0.4 is 15.5 Å². The molecule has 0 unspecified atom stereocenters. The fraction of sp³-hybridized carbons (Fsp3) is 0.423. The van der Waals surface area contributed by atoms with Crippen LogP contribution in [-0.2, 0) is 16.1 Å². The molecule has 2 atom stereocenters. The Bertz CT molecular complexity index is 1120. The van der Waals surface area contributed by atoms with Gasteiger partial charge in [-0.05, 0) is 67.1 Å². The van der Waals surface area contributed by atoms with Gasteiger partial charge in [0.15, 0.2) is 0 Å². The van der Waals surface area contributed by atoms with Crippen LogP contribution in [0.15, 0.2) is 47.1 Å². The second kappa shape index (κ2) is 10.1. The molecule has 0 aliphatic carbocycles. The summed E-state index contributed by atoms with van der Waals surface area (Å²) in [6, 6.07) is 11.5. The van der Waals surface area contributed by atoms with Crippen molar-refractivity contribution in [3.63, 3.8) is 0 Å². The van der Waals surface area contributed by atoms with Gasteiger partial charge in [0.2, 0.25) is 11.8 Å². The van der Waals surface area contributed by atoms with Gasteiger partial charge in [-0.15, -0.1) is 0 Å². The number of fused-ring (bicyclic) bond motifs is 1. The second-order valence-corrected chi connectivity index (χ2v) is 9.28. The molecule has 7 nitrogen and oxygen atoms in total. The molecule has 1 saturated heterocycles. The maximum absolute atomic E-state index is 12.4. The molecule has 0 bridgehead atoms. The van der Waals surface area contributed by atoms with Gasteiger partial charge in [0.1, 0.15) is 11.6 Å². The maximum atomic E-state index is 12.4. The van der Waals surface area contributed by atoms with Crippen LogP contribution in [0, 0.1) is 18.8 Å². The van der Waals surface area contributed by atoms with Crippen LogP contribution in [0.3, 0.4) is 0 Å². The lowest BCUT2D eigenvalue weighted by atomic mass is 9.92. The predicted molar refractivity (Wildman–Crippen MR) is 130 cm³/mol. The van der Waals surface area contributed by atoms with Crippen LogP contribution in [0.5, 0.6) is 0 Å². The molecule has 2 N–H and O–H groups in total. The second-order valence-electron chi connectivity index (χ2n) is 9.28. The van der Waals surface area contributed by atoms with Crippen LogP contribution >= 0.6 is 0 Å². The third kappa shape index (κ3) is 5.92. The van der Waals surface area contributed by atoms with Gasteiger partial charge in [-0.3, -0.25) is 9.59 Å². The molecule has 1 aliphatic rings. The number of nitrogens with zero attached hydrogens (tertiary/aromatic N) is 2. The van der Waals surface area contributed by atoms with E-state index in [-0.39, 0.29) is 24.7 Å². The van der Waals surface area contributed by atoms with Gasteiger partial charge >= 0.3 is 0 Å². The van der Waals surface area contributed by atoms with Crippen LogP contribution in [0.1, 0.15) is 44.4 Å². The minimum Gasteiger partial charge on any atom is -0.467 e. The number of aromatic nitrogens is 1. The molecular weight excluding hydrogens is 416 g/mol. The van der Waals surface area contributed by atoms with Gasteiger partial charge < -0.3 is 20.0 Å². The number of carbonyl (C=O) groups is 2. The zero-order chi connectivity index (χ0) is 23.4. The highest BCUT2D eigenvalue weighted by atomic mass is 16.3. The van der Waals surface area contributed by atoms with E-state index in [0.717, 1.165) is 35.4 Å². The highest BCUT2D eigenvalue weighted by Crippen LogP contribution is 2.29. The summed E-state index contributed by atoms with van der Waals surface area (Å²) in [7, 11) is 0. The van der Waals surface area contributed by atoms with E-state index < -0.39 is 0 Å². The number of amides is 2. The molecule has 4 rings (SSSR count). The number of carbonyl (C=O) groups excluding carboxylic acids is 2. The molecule has 1 aliphatic heterocycles. The van der Waals surface area contributed by atoms with E-state index in [1.165, 1.54) is 6.42 Å². The van der Waals surface area contributed by atoms with Crippen LogP contribution in [-0.4, -0.2) is 29.9 Å². The molecule has 0 radical (unpaired) electrons. The third-order valence-corrected chi connectivity index (χ3v) is 6.10. The van der Waals surface area contributed by atoms with E-state index in [9.17, 15) is 9.59 Å². The van der Waals surface area contributed by atoms with Crippen molar-refractivity contribution in [3.05, 3.63) is 54.0 Å². The van der Waals surface area contributed by atoms with Crippen molar-refractivity contribution in [3.8, 4) is 0 Å². The lowest BCUT2D eigenvalue weighted by molar-refractivity contribution is -0.124. The van der Waals surface area contributed by atoms with E-state index in [2.05, 4.69) is 42.4 Å². The minimum absolute atomic E-state index is 0.115. The molecule has 2 amide bonds. The van der Waals surface area contributed by atoms with Crippen molar-refractivity contribution in [2.75, 3.05) is 23.3 Å². The first-order valence-electron chi connectivity index (χ1n) is 11.6. The summed E-state index contributed by atoms with van der Waals surface area (Å²) in [6.07, 6.45) is 3.06. The molecule has 1 fully saturated rings. The first-order valence-corrected chi connectivity index (χ1v) is 11.6. The molecule has 2 aromatic heterocycles. The number of aryl methyl sites for hydroxylation is 1. The smallest absolute Gasteiger partial charge is 0.224 e. The summed E-state index contributed by atoms with van der Waals surface area (Å²) in [6.45, 7) is 9.07. The number of rotatable bonds is 7. The number of benzene rings is 1. The number of hydrogen-bond donors (Lipinski definition) is 2. The highest BCUT2D eigenvalue weighted by molar-refractivity contribution is 5.96. The Morgan fingerprint density at radius 1 is 1.09 bits per heavy atom. The summed E-state index contributed by atoms with van der Waals surface area (Å²) >= 11 is 0. The molecule has 3 heterocycles. The topological polar surface area (TPSA) is 87.5 Å². The van der Waals surface area contributed by atoms with E-state index in [4.69, 9.17) is 9.40 Å². The highest BCUT2D eigenvalue weighted by Gasteiger charge is 2.23. The Morgan fingerprint density at radius 2 is 1.85 bits per heavy atom. The monoisotopic (exact) mass is 448 g/mol. The van der Waals surface area contributed by atoms with Crippen molar-refractivity contribution >= 4 is 34.2 Å². The first-order chi connectivity index (χ1) is 15.9. The lowest BCUT2D eigenvalue weighted by Gasteiger charge is -2.36. The van der Waals surface area contributed by atoms with Crippen molar-refractivity contribution in [2.45, 2.75) is 46.6 Å². The van der Waals surface area contributed by atoms with Crippen LogP contribution in [0.2, 0.25) is 0 Å². The SMILES string of the molecule is Cc1cc(N2C[C@H](C)C[C@H](C)C2)nc2ccc(NC(=O)CCC(=O)NCc3ccco3)cc12. The first kappa shape index (κ1) is 22.8. The van der Waals surface area contributed by atoms with Crippen molar-refractivity contribution in [1.29, 1.82) is 0 Å². The van der Waals surface area contributed by atoms with E-state index in [0.29, 0.717) is 29.8 Å².